The molecule has 15 heteroatoms. The topological polar surface area (TPSA) is 110 Å². The van der Waals surface area contributed by atoms with E-state index < -0.39 is 41.0 Å². The van der Waals surface area contributed by atoms with Crippen LogP contribution in [-0.2, 0) is 28.9 Å². The van der Waals surface area contributed by atoms with Gasteiger partial charge < -0.3 is 24.6 Å². The van der Waals surface area contributed by atoms with Crippen LogP contribution in [0.15, 0.2) is 54.6 Å². The van der Waals surface area contributed by atoms with E-state index in [2.05, 4.69) is 10.3 Å². The summed E-state index contributed by atoms with van der Waals surface area (Å²) in [4.78, 5) is 31.5. The lowest BCUT2D eigenvalue weighted by Crippen LogP contribution is -2.53. The molecule has 1 unspecified atom stereocenters. The SMILES string of the molecule is CCCc1cc(C(O)(C(F)(F)F)C(F)(F)F)ccc1Oc1cccc(CN2C(=O)NC(C)(c3ccc4c(c3)OCO4)C2=O)n1. The average molecular weight is 626 g/mol. The first-order chi connectivity index (χ1) is 20.6. The number of alkyl halides is 6. The van der Waals surface area contributed by atoms with Crippen molar-refractivity contribution in [2.75, 3.05) is 6.79 Å². The number of imide groups is 1. The Kier molecular flexibility index (Phi) is 7.64. The Balaban J connectivity index is 1.38. The minimum atomic E-state index is -6.04. The fourth-order valence-corrected chi connectivity index (χ4v) is 4.98. The van der Waals surface area contributed by atoms with Gasteiger partial charge in [0, 0.05) is 11.6 Å². The number of urea groups is 1. The zero-order valence-electron chi connectivity index (χ0n) is 23.2. The molecule has 2 aliphatic heterocycles. The molecule has 1 atom stereocenters. The van der Waals surface area contributed by atoms with E-state index in [1.807, 2.05) is 0 Å². The Hall–Kier alpha value is -4.53. The molecule has 1 fully saturated rings. The number of fused-ring (bicyclic) bond motifs is 1. The number of aromatic nitrogens is 1. The van der Waals surface area contributed by atoms with Gasteiger partial charge in [0.15, 0.2) is 11.5 Å². The van der Waals surface area contributed by atoms with Crippen LogP contribution in [0, 0.1) is 0 Å². The second-order valence-corrected chi connectivity index (χ2v) is 10.4. The summed E-state index contributed by atoms with van der Waals surface area (Å²) < 4.78 is 97.0. The van der Waals surface area contributed by atoms with Crippen molar-refractivity contribution in [2.45, 2.75) is 56.7 Å². The van der Waals surface area contributed by atoms with Gasteiger partial charge in [0.1, 0.15) is 11.3 Å². The lowest BCUT2D eigenvalue weighted by atomic mass is 9.90. The highest BCUT2D eigenvalue weighted by Gasteiger charge is 2.71. The van der Waals surface area contributed by atoms with Crippen molar-refractivity contribution in [1.82, 2.24) is 15.2 Å². The molecule has 1 saturated heterocycles. The summed E-state index contributed by atoms with van der Waals surface area (Å²) in [5.74, 6) is 0.169. The zero-order valence-corrected chi connectivity index (χ0v) is 23.2. The summed E-state index contributed by atoms with van der Waals surface area (Å²) in [5.41, 5.74) is -7.27. The molecule has 2 aromatic carbocycles. The summed E-state index contributed by atoms with van der Waals surface area (Å²) in [5, 5.41) is 12.5. The van der Waals surface area contributed by atoms with Crippen molar-refractivity contribution < 1.29 is 55.2 Å². The molecular formula is C29H25F6N3O6. The van der Waals surface area contributed by atoms with Gasteiger partial charge in [-0.05, 0) is 54.8 Å². The van der Waals surface area contributed by atoms with Gasteiger partial charge in [-0.15, -0.1) is 0 Å². The number of pyridine rings is 1. The van der Waals surface area contributed by atoms with Crippen LogP contribution in [0.2, 0.25) is 0 Å². The highest BCUT2D eigenvalue weighted by molar-refractivity contribution is 6.07. The van der Waals surface area contributed by atoms with E-state index in [4.69, 9.17) is 14.2 Å². The molecule has 0 bridgehead atoms. The minimum absolute atomic E-state index is 0.0234. The molecule has 0 aliphatic carbocycles. The maximum Gasteiger partial charge on any atom is 0.430 e. The van der Waals surface area contributed by atoms with Crippen molar-refractivity contribution in [2.24, 2.45) is 0 Å². The Morgan fingerprint density at radius 1 is 1.00 bits per heavy atom. The van der Waals surface area contributed by atoms with E-state index in [9.17, 15) is 41.0 Å². The smallest absolute Gasteiger partial charge is 0.430 e. The van der Waals surface area contributed by atoms with Crippen molar-refractivity contribution in [3.8, 4) is 23.1 Å². The van der Waals surface area contributed by atoms with Crippen LogP contribution in [0.5, 0.6) is 23.1 Å². The normalized spacial score (nSPS) is 18.5. The molecule has 2 aliphatic rings. The number of carbonyl (C=O) groups excluding carboxylic acids is 2. The predicted molar refractivity (Wildman–Crippen MR) is 140 cm³/mol. The van der Waals surface area contributed by atoms with Crippen LogP contribution < -0.4 is 19.5 Å². The summed E-state index contributed by atoms with van der Waals surface area (Å²) >= 11 is 0. The van der Waals surface area contributed by atoms with Gasteiger partial charge in [0.25, 0.3) is 11.5 Å². The number of hydrogen-bond acceptors (Lipinski definition) is 7. The number of carbonyl (C=O) groups is 2. The van der Waals surface area contributed by atoms with Gasteiger partial charge in [-0.25, -0.2) is 9.78 Å². The molecule has 44 heavy (non-hydrogen) atoms. The third-order valence-corrected chi connectivity index (χ3v) is 7.36. The highest BCUT2D eigenvalue weighted by Crippen LogP contribution is 2.50. The fraction of sp³-hybridized carbons (Fsp3) is 0.345. The van der Waals surface area contributed by atoms with Crippen LogP contribution in [-0.4, -0.2) is 46.1 Å². The molecule has 1 aromatic heterocycles. The number of nitrogens with one attached hydrogen (secondary N) is 1. The number of nitrogens with zero attached hydrogens (tertiary/aromatic N) is 2. The fourth-order valence-electron chi connectivity index (χ4n) is 4.98. The van der Waals surface area contributed by atoms with Crippen molar-refractivity contribution >= 4 is 11.9 Å². The molecule has 5 rings (SSSR count). The largest absolute Gasteiger partial charge is 0.454 e. The monoisotopic (exact) mass is 625 g/mol. The first-order valence-electron chi connectivity index (χ1n) is 13.3. The molecule has 9 nitrogen and oxygen atoms in total. The van der Waals surface area contributed by atoms with Gasteiger partial charge in [0.05, 0.1) is 12.2 Å². The Morgan fingerprint density at radius 2 is 1.70 bits per heavy atom. The van der Waals surface area contributed by atoms with Gasteiger partial charge in [-0.3, -0.25) is 9.69 Å². The molecule has 3 heterocycles. The van der Waals surface area contributed by atoms with Crippen LogP contribution in [0.3, 0.4) is 0 Å². The second-order valence-electron chi connectivity index (χ2n) is 10.4. The zero-order chi connectivity index (χ0) is 32.1. The summed E-state index contributed by atoms with van der Waals surface area (Å²) in [6.07, 6.45) is -11.7. The van der Waals surface area contributed by atoms with Crippen molar-refractivity contribution in [1.29, 1.82) is 0 Å². The number of rotatable bonds is 8. The number of aryl methyl sites for hydroxylation is 1. The third-order valence-electron chi connectivity index (χ3n) is 7.36. The maximum atomic E-state index is 13.4. The number of halogens is 6. The van der Waals surface area contributed by atoms with E-state index in [-0.39, 0.29) is 42.6 Å². The van der Waals surface area contributed by atoms with E-state index in [0.717, 1.165) is 11.0 Å². The molecule has 0 spiro atoms. The summed E-state index contributed by atoms with van der Waals surface area (Å²) in [7, 11) is 0. The first-order valence-corrected chi connectivity index (χ1v) is 13.3. The molecule has 0 saturated carbocycles. The average Bonchev–Trinajstić information content (AvgIpc) is 3.51. The van der Waals surface area contributed by atoms with E-state index in [1.165, 1.54) is 25.1 Å². The Bertz CT molecular complexity index is 1600. The lowest BCUT2D eigenvalue weighted by Gasteiger charge is -2.33. The van der Waals surface area contributed by atoms with Crippen LogP contribution in [0.4, 0.5) is 31.1 Å². The number of hydrogen-bond donors (Lipinski definition) is 2. The van der Waals surface area contributed by atoms with E-state index >= 15 is 0 Å². The summed E-state index contributed by atoms with van der Waals surface area (Å²) in [6.45, 7) is 2.95. The molecule has 0 radical (unpaired) electrons. The standard InChI is InChI=1S/C29H25F6N3O6/c1-3-5-16-12-18(27(41,28(30,31)32)29(33,34)35)9-10-20(16)44-23-7-4-6-19(36-23)14-38-24(39)26(2,37-25(38)40)17-8-11-21-22(13-17)43-15-42-21/h4,6-13,41H,3,5,14-15H2,1-2H3,(H,37,40). The number of ether oxygens (including phenoxy) is 3. The molecule has 2 N–H and O–H groups in total. The first kappa shape index (κ1) is 30.9. The molecule has 234 valence electrons. The van der Waals surface area contributed by atoms with Crippen molar-refractivity contribution in [3.05, 3.63) is 77.0 Å². The number of amides is 3. The highest BCUT2D eigenvalue weighted by atomic mass is 19.4. The third kappa shape index (κ3) is 5.25. The number of benzene rings is 2. The van der Waals surface area contributed by atoms with Gasteiger partial charge in [-0.2, -0.15) is 26.3 Å². The lowest BCUT2D eigenvalue weighted by molar-refractivity contribution is -0.376. The Morgan fingerprint density at radius 3 is 2.39 bits per heavy atom. The molecule has 3 aromatic rings. The van der Waals surface area contributed by atoms with Crippen LogP contribution in [0.25, 0.3) is 0 Å². The van der Waals surface area contributed by atoms with Crippen molar-refractivity contribution in [3.63, 3.8) is 0 Å². The van der Waals surface area contributed by atoms with Crippen LogP contribution >= 0.6 is 0 Å². The molecular weight excluding hydrogens is 600 g/mol. The summed E-state index contributed by atoms with van der Waals surface area (Å²) in [6, 6.07) is 10.5. The maximum absolute atomic E-state index is 13.4. The van der Waals surface area contributed by atoms with E-state index in [0.29, 0.717) is 35.6 Å². The minimum Gasteiger partial charge on any atom is -0.454 e. The quantitative estimate of drug-likeness (QED) is 0.239. The molecule has 3 amide bonds. The van der Waals surface area contributed by atoms with Gasteiger partial charge >= 0.3 is 18.4 Å². The Labute approximate surface area is 246 Å². The number of aliphatic hydroxyl groups is 1. The van der Waals surface area contributed by atoms with Gasteiger partial charge in [-0.1, -0.05) is 31.5 Å². The van der Waals surface area contributed by atoms with E-state index in [1.54, 1.807) is 25.1 Å². The van der Waals surface area contributed by atoms with Gasteiger partial charge in [0.2, 0.25) is 12.7 Å². The van der Waals surface area contributed by atoms with Crippen LogP contribution in [0.1, 0.15) is 42.7 Å². The second kappa shape index (κ2) is 10.9. The predicted octanol–water partition coefficient (Wildman–Crippen LogP) is 5.83.